The van der Waals surface area contributed by atoms with Gasteiger partial charge in [0.1, 0.15) is 0 Å². The van der Waals surface area contributed by atoms with Crippen LogP contribution in [0.5, 0.6) is 0 Å². The van der Waals surface area contributed by atoms with Crippen molar-refractivity contribution in [3.63, 3.8) is 0 Å². The molecular weight excluding hydrogens is 396 g/mol. The zero-order valence-electron chi connectivity index (χ0n) is 16.0. The zero-order chi connectivity index (χ0) is 19.8. The van der Waals surface area contributed by atoms with Crippen LogP contribution in [0.3, 0.4) is 0 Å². The first kappa shape index (κ1) is 17.1. The maximum absolute atomic E-state index is 6.36. The Morgan fingerprint density at radius 2 is 1.59 bits per heavy atom. The lowest BCUT2D eigenvalue weighted by Crippen LogP contribution is -2.14. The van der Waals surface area contributed by atoms with E-state index < -0.39 is 0 Å². The van der Waals surface area contributed by atoms with Gasteiger partial charge in [-0.15, -0.1) is 11.3 Å². The van der Waals surface area contributed by atoms with Crippen molar-refractivity contribution in [1.82, 2.24) is 9.97 Å². The summed E-state index contributed by atoms with van der Waals surface area (Å²) in [5.74, 6) is 0. The van der Waals surface area contributed by atoms with Crippen LogP contribution in [0.4, 0.5) is 0 Å². The molecule has 0 aliphatic heterocycles. The predicted molar refractivity (Wildman–Crippen MR) is 123 cm³/mol. The van der Waals surface area contributed by atoms with E-state index in [0.717, 1.165) is 26.9 Å². The number of halogens is 1. The van der Waals surface area contributed by atoms with Gasteiger partial charge in [0.2, 0.25) is 5.28 Å². The third kappa shape index (κ3) is 2.35. The monoisotopic (exact) mass is 412 g/mol. The number of thiophene rings is 1. The minimum Gasteiger partial charge on any atom is -0.216 e. The van der Waals surface area contributed by atoms with Crippen LogP contribution in [0.1, 0.15) is 25.0 Å². The number of hydrogen-bond donors (Lipinski definition) is 0. The van der Waals surface area contributed by atoms with E-state index in [4.69, 9.17) is 11.6 Å². The molecule has 0 N–H and O–H groups in total. The zero-order valence-corrected chi connectivity index (χ0v) is 17.6. The number of nitrogens with zero attached hydrogens (tertiary/aromatic N) is 2. The third-order valence-electron chi connectivity index (χ3n) is 6.05. The molecule has 0 atom stereocenters. The second kappa shape index (κ2) is 5.88. The Balaban J connectivity index is 1.65. The number of fused-ring (bicyclic) bond motifs is 6. The largest absolute Gasteiger partial charge is 0.223 e. The molecule has 140 valence electrons. The minimum atomic E-state index is 0.000702. The van der Waals surface area contributed by atoms with Gasteiger partial charge in [-0.05, 0) is 46.0 Å². The normalized spacial score (nSPS) is 14.3. The Bertz CT molecular complexity index is 1450. The Labute approximate surface area is 177 Å². The second-order valence-corrected chi connectivity index (χ2v) is 9.44. The summed E-state index contributed by atoms with van der Waals surface area (Å²) in [7, 11) is 0. The summed E-state index contributed by atoms with van der Waals surface area (Å²) in [4.78, 5) is 9.20. The first-order valence-electron chi connectivity index (χ1n) is 9.63. The van der Waals surface area contributed by atoms with Crippen molar-refractivity contribution in [3.05, 3.63) is 83.1 Å². The molecule has 5 aromatic rings. The smallest absolute Gasteiger partial charge is 0.216 e. The molecule has 0 amide bonds. The third-order valence-corrected chi connectivity index (χ3v) is 7.39. The highest BCUT2D eigenvalue weighted by atomic mass is 35.5. The fraction of sp³-hybridized carbons (Fsp3) is 0.120. The SMILES string of the molecule is CC1(C)c2ccccc2-c2cc(-c3nc(Cl)nc4c3sc3ccccc34)ccc21. The van der Waals surface area contributed by atoms with Gasteiger partial charge in [-0.1, -0.05) is 68.4 Å². The maximum Gasteiger partial charge on any atom is 0.223 e. The van der Waals surface area contributed by atoms with Gasteiger partial charge in [-0.3, -0.25) is 0 Å². The summed E-state index contributed by atoms with van der Waals surface area (Å²) < 4.78 is 2.29. The average molecular weight is 413 g/mol. The van der Waals surface area contributed by atoms with Gasteiger partial charge in [0.25, 0.3) is 0 Å². The molecule has 1 aliphatic rings. The van der Waals surface area contributed by atoms with Gasteiger partial charge in [0.15, 0.2) is 0 Å². The molecule has 0 saturated heterocycles. The molecule has 6 rings (SSSR count). The average Bonchev–Trinajstić information content (AvgIpc) is 3.21. The van der Waals surface area contributed by atoms with Crippen LogP contribution in [0, 0.1) is 0 Å². The Hall–Kier alpha value is -2.75. The van der Waals surface area contributed by atoms with Gasteiger partial charge < -0.3 is 0 Å². The molecule has 0 radical (unpaired) electrons. The number of aromatic nitrogens is 2. The number of benzene rings is 3. The lowest BCUT2D eigenvalue weighted by Gasteiger charge is -2.21. The second-order valence-electron chi connectivity index (χ2n) is 8.05. The van der Waals surface area contributed by atoms with Crippen LogP contribution >= 0.6 is 22.9 Å². The van der Waals surface area contributed by atoms with E-state index in [1.54, 1.807) is 11.3 Å². The molecule has 0 spiro atoms. The van der Waals surface area contributed by atoms with Crippen LogP contribution in [-0.4, -0.2) is 9.97 Å². The van der Waals surface area contributed by atoms with E-state index in [-0.39, 0.29) is 10.7 Å². The summed E-state index contributed by atoms with van der Waals surface area (Å²) in [6.45, 7) is 4.59. The standard InChI is InChI=1S/C25H17ClN2S/c1-25(2)18-9-5-3-7-15(18)17-13-14(11-12-19(17)25)21-23-22(28-24(26)27-21)16-8-4-6-10-20(16)29-23/h3-13H,1-2H3. The van der Waals surface area contributed by atoms with Crippen molar-refractivity contribution in [2.24, 2.45) is 0 Å². The molecule has 0 unspecified atom stereocenters. The summed E-state index contributed by atoms with van der Waals surface area (Å²) in [5.41, 5.74) is 8.25. The highest BCUT2D eigenvalue weighted by Crippen LogP contribution is 2.50. The van der Waals surface area contributed by atoms with Crippen LogP contribution < -0.4 is 0 Å². The van der Waals surface area contributed by atoms with E-state index in [0.29, 0.717) is 0 Å². The fourth-order valence-electron chi connectivity index (χ4n) is 4.63. The van der Waals surface area contributed by atoms with Crippen molar-refractivity contribution < 1.29 is 0 Å². The molecule has 2 nitrogen and oxygen atoms in total. The van der Waals surface area contributed by atoms with Crippen LogP contribution in [0.2, 0.25) is 5.28 Å². The highest BCUT2D eigenvalue weighted by Gasteiger charge is 2.35. The van der Waals surface area contributed by atoms with Gasteiger partial charge >= 0.3 is 0 Å². The van der Waals surface area contributed by atoms with Crippen molar-refractivity contribution in [3.8, 4) is 22.4 Å². The van der Waals surface area contributed by atoms with Crippen LogP contribution in [0.25, 0.3) is 42.7 Å². The molecule has 0 saturated carbocycles. The van der Waals surface area contributed by atoms with Crippen molar-refractivity contribution in [2.45, 2.75) is 19.3 Å². The van der Waals surface area contributed by atoms with E-state index >= 15 is 0 Å². The molecule has 0 fully saturated rings. The van der Waals surface area contributed by atoms with E-state index in [1.807, 2.05) is 6.07 Å². The quantitative estimate of drug-likeness (QED) is 0.267. The molecule has 29 heavy (non-hydrogen) atoms. The van der Waals surface area contributed by atoms with E-state index in [1.165, 1.54) is 27.0 Å². The minimum absolute atomic E-state index is 0.000702. The predicted octanol–water partition coefficient (Wildman–Crippen LogP) is 7.47. The molecule has 1 aliphatic carbocycles. The van der Waals surface area contributed by atoms with E-state index in [9.17, 15) is 0 Å². The topological polar surface area (TPSA) is 25.8 Å². The summed E-state index contributed by atoms with van der Waals surface area (Å²) >= 11 is 8.08. The summed E-state index contributed by atoms with van der Waals surface area (Å²) in [6, 6.07) is 23.7. The van der Waals surface area contributed by atoms with Gasteiger partial charge in [-0.2, -0.15) is 0 Å². The number of hydrogen-bond acceptors (Lipinski definition) is 3. The Morgan fingerprint density at radius 1 is 0.828 bits per heavy atom. The van der Waals surface area contributed by atoms with Crippen molar-refractivity contribution in [1.29, 1.82) is 0 Å². The molecule has 0 bridgehead atoms. The van der Waals surface area contributed by atoms with Crippen molar-refractivity contribution >= 4 is 43.2 Å². The summed E-state index contributed by atoms with van der Waals surface area (Å²) in [5, 5.41) is 1.42. The lowest BCUT2D eigenvalue weighted by atomic mass is 9.82. The Morgan fingerprint density at radius 3 is 2.48 bits per heavy atom. The first-order valence-corrected chi connectivity index (χ1v) is 10.8. The van der Waals surface area contributed by atoms with Crippen LogP contribution in [0.15, 0.2) is 66.7 Å². The molecule has 4 heteroatoms. The maximum atomic E-state index is 6.36. The molecular formula is C25H17ClN2S. The molecule has 3 aromatic carbocycles. The lowest BCUT2D eigenvalue weighted by molar-refractivity contribution is 0.660. The Kier molecular flexibility index (Phi) is 3.48. The summed E-state index contributed by atoms with van der Waals surface area (Å²) in [6.07, 6.45) is 0. The fourth-order valence-corrected chi connectivity index (χ4v) is 5.95. The van der Waals surface area contributed by atoms with Gasteiger partial charge in [0.05, 0.1) is 15.9 Å². The molecule has 2 aromatic heterocycles. The van der Waals surface area contributed by atoms with Crippen LogP contribution in [-0.2, 0) is 5.41 Å². The highest BCUT2D eigenvalue weighted by molar-refractivity contribution is 7.26. The van der Waals surface area contributed by atoms with Crippen molar-refractivity contribution in [2.75, 3.05) is 0 Å². The first-order chi connectivity index (χ1) is 14.0. The van der Waals surface area contributed by atoms with E-state index in [2.05, 4.69) is 84.5 Å². The molecule has 2 heterocycles. The van der Waals surface area contributed by atoms with Gasteiger partial charge in [-0.25, -0.2) is 9.97 Å². The van der Waals surface area contributed by atoms with Gasteiger partial charge in [0, 0.05) is 21.1 Å². The number of rotatable bonds is 1.